The third-order valence-corrected chi connectivity index (χ3v) is 5.25. The summed E-state index contributed by atoms with van der Waals surface area (Å²) in [7, 11) is 0. The number of aromatic nitrogens is 3. The minimum absolute atomic E-state index is 0.142. The number of fused-ring (bicyclic) bond motifs is 5. The second-order valence-corrected chi connectivity index (χ2v) is 6.40. The van der Waals surface area contributed by atoms with Gasteiger partial charge in [-0.1, -0.05) is 18.2 Å². The third kappa shape index (κ3) is 1.94. The van der Waals surface area contributed by atoms with Crippen LogP contribution in [0.3, 0.4) is 0 Å². The van der Waals surface area contributed by atoms with E-state index in [-0.39, 0.29) is 23.5 Å². The highest BCUT2D eigenvalue weighted by Gasteiger charge is 2.48. The van der Waals surface area contributed by atoms with Crippen LogP contribution >= 0.6 is 0 Å². The molecule has 1 aromatic carbocycles. The van der Waals surface area contributed by atoms with E-state index in [1.165, 1.54) is 4.57 Å². The zero-order valence-corrected chi connectivity index (χ0v) is 12.9. The van der Waals surface area contributed by atoms with Gasteiger partial charge in [-0.2, -0.15) is 0 Å². The number of unbranched alkanes of at least 4 members (excludes halogenated alkanes) is 1. The maximum absolute atomic E-state index is 12.8. The van der Waals surface area contributed by atoms with Gasteiger partial charge in [-0.05, 0) is 37.8 Å². The number of hydrogen-bond acceptors (Lipinski definition) is 2. The second-order valence-electron chi connectivity index (χ2n) is 6.40. The van der Waals surface area contributed by atoms with Crippen LogP contribution in [0, 0.1) is 18.3 Å². The van der Waals surface area contributed by atoms with Crippen molar-refractivity contribution in [1.29, 1.82) is 0 Å². The second kappa shape index (κ2) is 5.31. The molecule has 23 heavy (non-hydrogen) atoms. The van der Waals surface area contributed by atoms with Gasteiger partial charge in [0.2, 0.25) is 0 Å². The van der Waals surface area contributed by atoms with Gasteiger partial charge >= 0.3 is 11.4 Å². The first kappa shape index (κ1) is 14.1. The number of para-hydroxylation sites is 1. The minimum atomic E-state index is -0.213. The normalized spacial score (nSPS) is 24.6. The lowest BCUT2D eigenvalue weighted by Crippen LogP contribution is -2.30. The van der Waals surface area contributed by atoms with Crippen molar-refractivity contribution in [2.45, 2.75) is 44.2 Å². The molecule has 1 fully saturated rings. The summed E-state index contributed by atoms with van der Waals surface area (Å²) in [6.45, 7) is 0. The highest BCUT2D eigenvalue weighted by Crippen LogP contribution is 2.49. The van der Waals surface area contributed by atoms with E-state index in [2.05, 4.69) is 5.92 Å². The average Bonchev–Trinajstić information content (AvgIpc) is 3.19. The lowest BCUT2D eigenvalue weighted by Gasteiger charge is -2.13. The summed E-state index contributed by atoms with van der Waals surface area (Å²) < 4.78 is 4.69. The fourth-order valence-corrected chi connectivity index (χ4v) is 4.33. The molecule has 1 aromatic heterocycles. The Bertz CT molecular complexity index is 838. The molecule has 1 saturated carbocycles. The van der Waals surface area contributed by atoms with Gasteiger partial charge in [-0.3, -0.25) is 0 Å². The fraction of sp³-hybridized carbons (Fsp3) is 0.444. The van der Waals surface area contributed by atoms with Crippen molar-refractivity contribution < 1.29 is 0 Å². The van der Waals surface area contributed by atoms with Crippen molar-refractivity contribution in [2.24, 2.45) is 5.92 Å². The van der Waals surface area contributed by atoms with Crippen LogP contribution in [0.15, 0.2) is 39.9 Å². The molecule has 3 atom stereocenters. The van der Waals surface area contributed by atoms with Crippen LogP contribution < -0.4 is 11.4 Å². The number of rotatable bonds is 4. The number of hydrogen-bond donors (Lipinski definition) is 0. The highest BCUT2D eigenvalue weighted by molar-refractivity contribution is 5.30. The van der Waals surface area contributed by atoms with Gasteiger partial charge in [0.1, 0.15) is 0 Å². The maximum atomic E-state index is 12.8. The topological polar surface area (TPSA) is 48.9 Å². The molecule has 0 saturated heterocycles. The van der Waals surface area contributed by atoms with Crippen molar-refractivity contribution in [3.05, 3.63) is 51.3 Å². The molecule has 1 aliphatic heterocycles. The van der Waals surface area contributed by atoms with E-state index in [0.29, 0.717) is 11.6 Å². The Balaban J connectivity index is 1.76. The quantitative estimate of drug-likeness (QED) is 0.641. The monoisotopic (exact) mass is 309 g/mol. The van der Waals surface area contributed by atoms with Crippen LogP contribution in [0.2, 0.25) is 0 Å². The van der Waals surface area contributed by atoms with E-state index in [1.54, 1.807) is 21.5 Å². The number of nitrogens with zero attached hydrogens (tertiary/aromatic N) is 3. The molecule has 2 aliphatic rings. The lowest BCUT2D eigenvalue weighted by molar-refractivity contribution is 0.374. The van der Waals surface area contributed by atoms with E-state index in [9.17, 15) is 9.59 Å². The van der Waals surface area contributed by atoms with Gasteiger partial charge in [-0.25, -0.2) is 23.5 Å². The summed E-state index contributed by atoms with van der Waals surface area (Å²) in [5.41, 5.74) is 0.214. The first-order valence-corrected chi connectivity index (χ1v) is 8.19. The molecule has 0 spiro atoms. The smallest absolute Gasteiger partial charge is 0.245 e. The van der Waals surface area contributed by atoms with Crippen LogP contribution in [-0.4, -0.2) is 13.9 Å². The van der Waals surface area contributed by atoms with E-state index >= 15 is 0 Å². The van der Waals surface area contributed by atoms with Crippen LogP contribution in [0.1, 0.15) is 44.2 Å². The standard InChI is InChI=1S/C18H19N3O2/c1-2-3-5-10-14-15-11-12-16(14)21-18(23)19(17(22)20(15)21)13-8-6-4-7-9-13/h1,4,6-9,14-16H,3,5,10-12H2/t14?,15-,16+. The number of benzene rings is 1. The van der Waals surface area contributed by atoms with Crippen LogP contribution in [0.4, 0.5) is 0 Å². The maximum Gasteiger partial charge on any atom is 0.352 e. The van der Waals surface area contributed by atoms with Gasteiger partial charge in [-0.15, -0.1) is 12.3 Å². The van der Waals surface area contributed by atoms with Gasteiger partial charge in [0.15, 0.2) is 0 Å². The average molecular weight is 309 g/mol. The number of terminal acetylenes is 1. The summed E-state index contributed by atoms with van der Waals surface area (Å²) >= 11 is 0. The first-order chi connectivity index (χ1) is 11.2. The summed E-state index contributed by atoms with van der Waals surface area (Å²) in [6.07, 6.45) is 9.98. The molecule has 2 bridgehead atoms. The molecule has 0 amide bonds. The SMILES string of the molecule is C#CCCCC1[C@H]2CC[C@@H]1n1c(=O)n(-c3ccccc3)c(=O)n12. The Morgan fingerprint density at radius 2 is 1.65 bits per heavy atom. The van der Waals surface area contributed by atoms with Gasteiger partial charge < -0.3 is 0 Å². The molecule has 1 aliphatic carbocycles. The molecule has 0 radical (unpaired) electrons. The fourth-order valence-electron chi connectivity index (χ4n) is 4.33. The molecule has 5 heteroatoms. The van der Waals surface area contributed by atoms with Crippen LogP contribution in [0.25, 0.3) is 5.69 Å². The van der Waals surface area contributed by atoms with Crippen molar-refractivity contribution >= 4 is 0 Å². The van der Waals surface area contributed by atoms with Crippen molar-refractivity contribution in [1.82, 2.24) is 13.9 Å². The minimum Gasteiger partial charge on any atom is -0.245 e. The van der Waals surface area contributed by atoms with Crippen molar-refractivity contribution in [2.75, 3.05) is 0 Å². The molecule has 4 rings (SSSR count). The molecular weight excluding hydrogens is 290 g/mol. The molecule has 118 valence electrons. The summed E-state index contributed by atoms with van der Waals surface area (Å²) in [4.78, 5) is 25.6. The molecule has 1 unspecified atom stereocenters. The Kier molecular flexibility index (Phi) is 3.26. The van der Waals surface area contributed by atoms with Crippen LogP contribution in [0.5, 0.6) is 0 Å². The molecule has 2 heterocycles. The van der Waals surface area contributed by atoms with Gasteiger partial charge in [0.05, 0.1) is 17.8 Å². The third-order valence-electron chi connectivity index (χ3n) is 5.25. The molecule has 2 aromatic rings. The van der Waals surface area contributed by atoms with Gasteiger partial charge in [0, 0.05) is 12.3 Å². The van der Waals surface area contributed by atoms with E-state index in [4.69, 9.17) is 6.42 Å². The van der Waals surface area contributed by atoms with Gasteiger partial charge in [0.25, 0.3) is 0 Å². The van der Waals surface area contributed by atoms with E-state index < -0.39 is 0 Å². The molecule has 0 N–H and O–H groups in total. The van der Waals surface area contributed by atoms with Crippen LogP contribution in [-0.2, 0) is 0 Å². The zero-order chi connectivity index (χ0) is 16.0. The van der Waals surface area contributed by atoms with E-state index in [0.717, 1.165) is 32.1 Å². The predicted molar refractivity (Wildman–Crippen MR) is 87.8 cm³/mol. The summed E-state index contributed by atoms with van der Waals surface area (Å²) in [5, 5.41) is 0. The Morgan fingerprint density at radius 1 is 1.04 bits per heavy atom. The molecule has 5 nitrogen and oxygen atoms in total. The lowest BCUT2D eigenvalue weighted by atomic mass is 9.95. The van der Waals surface area contributed by atoms with Crippen molar-refractivity contribution in [3.8, 4) is 18.0 Å². The Hall–Kier alpha value is -2.48. The molecular formula is C18H19N3O2. The Labute approximate surface area is 134 Å². The highest BCUT2D eigenvalue weighted by atomic mass is 16.2. The Morgan fingerprint density at radius 3 is 2.22 bits per heavy atom. The van der Waals surface area contributed by atoms with Crippen molar-refractivity contribution in [3.63, 3.8) is 0 Å². The summed E-state index contributed by atoms with van der Waals surface area (Å²) in [6, 6.07) is 9.43. The predicted octanol–water partition coefficient (Wildman–Crippen LogP) is 2.11. The zero-order valence-electron chi connectivity index (χ0n) is 12.9. The largest absolute Gasteiger partial charge is 0.352 e. The summed E-state index contributed by atoms with van der Waals surface area (Å²) in [5.74, 6) is 3.04. The van der Waals surface area contributed by atoms with E-state index in [1.807, 2.05) is 18.2 Å². The first-order valence-electron chi connectivity index (χ1n) is 8.19.